The van der Waals surface area contributed by atoms with Crippen LogP contribution in [0.4, 0.5) is 0 Å². The van der Waals surface area contributed by atoms with Crippen LogP contribution in [0, 0.1) is 17.4 Å². The average molecular weight is 339 g/mol. The minimum absolute atomic E-state index is 0. The summed E-state index contributed by atoms with van der Waals surface area (Å²) in [6.07, 6.45) is 11.7. The summed E-state index contributed by atoms with van der Waals surface area (Å²) in [7, 11) is 0. The number of nitrogens with two attached hydrogens (primary N) is 1. The minimum atomic E-state index is 0. The van der Waals surface area contributed by atoms with E-state index in [0.717, 1.165) is 25.5 Å². The molecule has 107 valence electrons. The first-order valence-corrected chi connectivity index (χ1v) is 6.72. The summed E-state index contributed by atoms with van der Waals surface area (Å²) in [4.78, 5) is 8.81. The van der Waals surface area contributed by atoms with Crippen LogP contribution in [-0.4, -0.2) is 12.3 Å². The van der Waals surface area contributed by atoms with Gasteiger partial charge >= 0.3 is 0 Å². The van der Waals surface area contributed by atoms with Crippen LogP contribution in [0.3, 0.4) is 0 Å². The van der Waals surface area contributed by atoms with Crippen LogP contribution in [0.15, 0.2) is 17.7 Å². The molecule has 0 saturated carbocycles. The maximum absolute atomic E-state index is 8.81. The van der Waals surface area contributed by atoms with E-state index in [1.54, 1.807) is 0 Å². The Morgan fingerprint density at radius 3 is 2.42 bits per heavy atom. The molecule has 0 spiro atoms. The van der Waals surface area contributed by atoms with Gasteiger partial charge in [0.1, 0.15) is 6.29 Å². The topological polar surface area (TPSA) is 43.1 Å². The van der Waals surface area contributed by atoms with Crippen molar-refractivity contribution in [2.24, 2.45) is 17.1 Å². The summed E-state index contributed by atoms with van der Waals surface area (Å²) in [5.74, 6) is 0.576. The van der Waals surface area contributed by atoms with Gasteiger partial charge in [0.25, 0.3) is 0 Å². The Bertz CT molecular complexity index is 302. The van der Waals surface area contributed by atoms with Crippen molar-refractivity contribution in [2.75, 3.05) is 0 Å². The molecular weight excluding hydrogens is 311 g/mol. The van der Waals surface area contributed by atoms with Gasteiger partial charge in [0.2, 0.25) is 0 Å². The van der Waals surface area contributed by atoms with Gasteiger partial charge in [-0.25, -0.2) is 6.08 Å². The van der Waals surface area contributed by atoms with Gasteiger partial charge in [0.05, 0.1) is 0 Å². The smallest absolute Gasteiger partial charge is 0.116 e. The Morgan fingerprint density at radius 1 is 1.53 bits per heavy atom. The van der Waals surface area contributed by atoms with Gasteiger partial charge in [0, 0.05) is 32.7 Å². The zero-order chi connectivity index (χ0) is 14.2. The molecule has 0 aromatic rings. The molecule has 1 radical (unpaired) electrons. The summed E-state index contributed by atoms with van der Waals surface area (Å²) in [5.41, 5.74) is 7.83. The van der Waals surface area contributed by atoms with E-state index in [9.17, 15) is 0 Å². The number of hydrogen-bond donors (Lipinski definition) is 1. The second-order valence-electron chi connectivity index (χ2n) is 6.19. The molecule has 2 N–H and O–H groups in total. The number of carbonyl (C=O) groups excluding carboxylic acids is 1. The van der Waals surface area contributed by atoms with Crippen LogP contribution in [0.1, 0.15) is 53.9 Å². The van der Waals surface area contributed by atoms with Crippen LogP contribution >= 0.6 is 0 Å². The quantitative estimate of drug-likeness (QED) is 0.630. The number of hydrogen-bond acceptors (Lipinski definition) is 2. The van der Waals surface area contributed by atoms with Gasteiger partial charge in [-0.3, -0.25) is 6.08 Å². The monoisotopic (exact) mass is 339 g/mol. The third-order valence-electron chi connectivity index (χ3n) is 2.66. The zero-order valence-corrected chi connectivity index (χ0v) is 15.9. The Hall–Kier alpha value is 0.214. The van der Waals surface area contributed by atoms with Gasteiger partial charge in [-0.15, -0.1) is 0 Å². The molecule has 0 bridgehead atoms. The second kappa shape index (κ2) is 10.9. The van der Waals surface area contributed by atoms with E-state index < -0.39 is 0 Å². The molecule has 0 aromatic heterocycles. The van der Waals surface area contributed by atoms with Crippen LogP contribution in [-0.2, 0) is 37.5 Å². The predicted octanol–water partition coefficient (Wildman–Crippen LogP) is 3.67. The van der Waals surface area contributed by atoms with E-state index in [1.807, 2.05) is 0 Å². The fourth-order valence-electron chi connectivity index (χ4n) is 2.01. The fraction of sp³-hybridized carbons (Fsp3) is 0.688. The minimum Gasteiger partial charge on any atom is -0.329 e. The van der Waals surface area contributed by atoms with Crippen molar-refractivity contribution in [1.82, 2.24) is 0 Å². The fourth-order valence-corrected chi connectivity index (χ4v) is 2.01. The molecule has 0 aliphatic heterocycles. The van der Waals surface area contributed by atoms with Crippen molar-refractivity contribution in [3.8, 4) is 0 Å². The van der Waals surface area contributed by atoms with Gasteiger partial charge < -0.3 is 10.5 Å². The first kappa shape index (κ1) is 21.5. The van der Waals surface area contributed by atoms with Gasteiger partial charge in [-0.1, -0.05) is 46.5 Å². The maximum Gasteiger partial charge on any atom is 0.116 e. The van der Waals surface area contributed by atoms with Crippen molar-refractivity contribution in [1.29, 1.82) is 0 Å². The molecule has 2 atom stereocenters. The number of aldehydes is 1. The number of rotatable bonds is 3. The van der Waals surface area contributed by atoms with Crippen molar-refractivity contribution in [3.05, 3.63) is 23.8 Å². The second-order valence-corrected chi connectivity index (χ2v) is 6.19. The normalized spacial score (nSPS) is 19.5. The SMILES string of the molecule is CC1[C-]=CC(CC(N)CC(C)(C)C)=CC1.CC=O.[Y]. The predicted molar refractivity (Wildman–Crippen MR) is 78.1 cm³/mol. The summed E-state index contributed by atoms with van der Waals surface area (Å²) in [6, 6.07) is 0.280. The van der Waals surface area contributed by atoms with Crippen molar-refractivity contribution in [2.45, 2.75) is 59.9 Å². The molecule has 1 rings (SSSR count). The van der Waals surface area contributed by atoms with E-state index in [2.05, 4.69) is 45.9 Å². The molecule has 1 aliphatic rings. The molecule has 0 aromatic carbocycles. The summed E-state index contributed by atoms with van der Waals surface area (Å²) in [6.45, 7) is 10.4. The third-order valence-corrected chi connectivity index (χ3v) is 2.66. The molecule has 2 nitrogen and oxygen atoms in total. The summed E-state index contributed by atoms with van der Waals surface area (Å²) < 4.78 is 0. The largest absolute Gasteiger partial charge is 0.329 e. The van der Waals surface area contributed by atoms with E-state index in [0.29, 0.717) is 11.3 Å². The Kier molecular flexibility index (Phi) is 12.4. The number of allylic oxidation sites excluding steroid dienone is 3. The van der Waals surface area contributed by atoms with Gasteiger partial charge in [-0.05, 0) is 24.8 Å². The van der Waals surface area contributed by atoms with Crippen molar-refractivity contribution >= 4 is 6.29 Å². The summed E-state index contributed by atoms with van der Waals surface area (Å²) >= 11 is 0. The van der Waals surface area contributed by atoms with Crippen LogP contribution in [0.25, 0.3) is 0 Å². The van der Waals surface area contributed by atoms with E-state index >= 15 is 0 Å². The average Bonchev–Trinajstić information content (AvgIpc) is 2.20. The Morgan fingerprint density at radius 2 is 2.05 bits per heavy atom. The van der Waals surface area contributed by atoms with E-state index in [1.165, 1.54) is 12.5 Å². The van der Waals surface area contributed by atoms with Crippen molar-refractivity contribution < 1.29 is 37.5 Å². The molecule has 19 heavy (non-hydrogen) atoms. The van der Waals surface area contributed by atoms with Gasteiger partial charge in [-0.2, -0.15) is 11.6 Å². The third kappa shape index (κ3) is 13.0. The Balaban J connectivity index is 0. The van der Waals surface area contributed by atoms with Gasteiger partial charge in [0.15, 0.2) is 0 Å². The van der Waals surface area contributed by atoms with Crippen molar-refractivity contribution in [3.63, 3.8) is 0 Å². The van der Waals surface area contributed by atoms with E-state index in [4.69, 9.17) is 10.5 Å². The zero-order valence-electron chi connectivity index (χ0n) is 13.1. The summed E-state index contributed by atoms with van der Waals surface area (Å²) in [5, 5.41) is 0. The van der Waals surface area contributed by atoms with Crippen LogP contribution < -0.4 is 5.73 Å². The molecule has 3 heteroatoms. The first-order chi connectivity index (χ1) is 8.28. The molecule has 1 aliphatic carbocycles. The van der Waals surface area contributed by atoms with Crippen LogP contribution in [0.5, 0.6) is 0 Å². The molecule has 2 unspecified atom stereocenters. The van der Waals surface area contributed by atoms with Crippen LogP contribution in [0.2, 0.25) is 0 Å². The Labute approximate surface area is 144 Å². The molecule has 0 saturated heterocycles. The first-order valence-electron chi connectivity index (χ1n) is 6.72. The number of carbonyl (C=O) groups is 1. The maximum atomic E-state index is 8.81. The standard InChI is InChI=1S/C14H24N.C2H4O.Y/c1-11-5-7-12(8-6-11)9-13(15)10-14(2,3)4;1-2-3;/h7-8,11,13H,5,9-10,15H2,1-4H3;2H,1H3;/q-1;;. The molecule has 0 fully saturated rings. The molecule has 0 heterocycles. The molecule has 0 amide bonds. The van der Waals surface area contributed by atoms with E-state index in [-0.39, 0.29) is 38.8 Å². The molecular formula is C16H28NOY-.